The van der Waals surface area contributed by atoms with Crippen molar-refractivity contribution in [2.45, 2.75) is 33.8 Å². The van der Waals surface area contributed by atoms with E-state index in [9.17, 15) is 9.90 Å². The van der Waals surface area contributed by atoms with Crippen LogP contribution in [0.4, 0.5) is 0 Å². The molecule has 18 heavy (non-hydrogen) atoms. The summed E-state index contributed by atoms with van der Waals surface area (Å²) in [5, 5.41) is 9.46. The fraction of sp³-hybridized carbons (Fsp3) is 0.400. The Morgan fingerprint density at radius 2 is 1.67 bits per heavy atom. The first kappa shape index (κ1) is 21.7. The van der Waals surface area contributed by atoms with Gasteiger partial charge in [0.2, 0.25) is 0 Å². The third-order valence-corrected chi connectivity index (χ3v) is 1.48. The van der Waals surface area contributed by atoms with Gasteiger partial charge in [-0.2, -0.15) is 0 Å². The summed E-state index contributed by atoms with van der Waals surface area (Å²) >= 11 is 0. The van der Waals surface area contributed by atoms with Crippen LogP contribution in [0.2, 0.25) is 0 Å². The van der Waals surface area contributed by atoms with Gasteiger partial charge in [-0.05, 0) is 5.57 Å². The number of aliphatic hydroxyl groups excluding tert-OH is 1. The molecule has 1 N–H and O–H groups in total. The maximum atomic E-state index is 11.0. The summed E-state index contributed by atoms with van der Waals surface area (Å²) in [5.41, 5.74) is 0.409. The highest BCUT2D eigenvalue weighted by Crippen LogP contribution is 2.06. The van der Waals surface area contributed by atoms with Crippen molar-refractivity contribution in [1.82, 2.24) is 0 Å². The molecule has 3 nitrogen and oxygen atoms in total. The zero-order valence-electron chi connectivity index (χ0n) is 12.1. The average Bonchev–Trinajstić information content (AvgIpc) is 2.46. The Hall–Kier alpha value is -1.61. The maximum Gasteiger partial charge on any atom is 0.339 e. The van der Waals surface area contributed by atoms with Gasteiger partial charge in [0, 0.05) is 0 Å². The third-order valence-electron chi connectivity index (χ3n) is 1.48. The standard InChI is InChI=1S/C11H14O3.2C2H6/c1-4-6-8-9(7-5-2)10(12)11(13)14-3;2*1-2/h4-8,10,12H,1-2H2,3H3;2*1-2H3/b8-6-,9-7+;;. The molecule has 0 aliphatic heterocycles. The normalized spacial score (nSPS) is 11.3. The lowest BCUT2D eigenvalue weighted by Crippen LogP contribution is -2.23. The zero-order chi connectivity index (χ0) is 15.0. The van der Waals surface area contributed by atoms with Crippen molar-refractivity contribution in [3.63, 3.8) is 0 Å². The molecule has 0 aromatic rings. The Balaban J connectivity index is -0.000000506. The fourth-order valence-electron chi connectivity index (χ4n) is 0.801. The molecule has 0 fully saturated rings. The Bertz CT molecular complexity index is 275. The predicted octanol–water partition coefficient (Wildman–Crippen LogP) is 3.43. The molecular weight excluding hydrogens is 228 g/mol. The molecule has 1 atom stereocenters. The fourth-order valence-corrected chi connectivity index (χ4v) is 0.801. The summed E-state index contributed by atoms with van der Waals surface area (Å²) in [5.74, 6) is -0.702. The Kier molecular flexibility index (Phi) is 21.4. The van der Waals surface area contributed by atoms with E-state index in [1.807, 2.05) is 27.7 Å². The first-order chi connectivity index (χ1) is 8.67. The molecule has 0 radical (unpaired) electrons. The molecule has 0 saturated heterocycles. The molecule has 1 unspecified atom stereocenters. The molecule has 3 heteroatoms. The van der Waals surface area contributed by atoms with E-state index in [0.29, 0.717) is 5.57 Å². The largest absolute Gasteiger partial charge is 0.467 e. The van der Waals surface area contributed by atoms with E-state index in [-0.39, 0.29) is 0 Å². The van der Waals surface area contributed by atoms with Gasteiger partial charge in [0.1, 0.15) is 0 Å². The molecule has 0 aliphatic carbocycles. The van der Waals surface area contributed by atoms with Gasteiger partial charge in [-0.3, -0.25) is 0 Å². The first-order valence-electron chi connectivity index (χ1n) is 6.05. The van der Waals surface area contributed by atoms with Crippen molar-refractivity contribution >= 4 is 5.97 Å². The van der Waals surface area contributed by atoms with Gasteiger partial charge < -0.3 is 9.84 Å². The van der Waals surface area contributed by atoms with Gasteiger partial charge in [-0.15, -0.1) is 0 Å². The summed E-state index contributed by atoms with van der Waals surface area (Å²) in [6.45, 7) is 15.0. The summed E-state index contributed by atoms with van der Waals surface area (Å²) in [7, 11) is 1.22. The van der Waals surface area contributed by atoms with E-state index < -0.39 is 12.1 Å². The number of esters is 1. The second-order valence-corrected chi connectivity index (χ2v) is 2.42. The van der Waals surface area contributed by atoms with Crippen molar-refractivity contribution in [2.24, 2.45) is 0 Å². The van der Waals surface area contributed by atoms with Crippen LogP contribution in [0.3, 0.4) is 0 Å². The zero-order valence-corrected chi connectivity index (χ0v) is 12.1. The van der Waals surface area contributed by atoms with Crippen LogP contribution in [0, 0.1) is 0 Å². The second-order valence-electron chi connectivity index (χ2n) is 2.42. The summed E-state index contributed by atoms with van der Waals surface area (Å²) < 4.78 is 4.40. The van der Waals surface area contributed by atoms with E-state index in [4.69, 9.17) is 0 Å². The van der Waals surface area contributed by atoms with Crippen LogP contribution in [-0.2, 0) is 9.53 Å². The molecule has 0 spiro atoms. The molecule has 0 rings (SSSR count). The van der Waals surface area contributed by atoms with Crippen LogP contribution < -0.4 is 0 Å². The Morgan fingerprint density at radius 1 is 1.17 bits per heavy atom. The smallest absolute Gasteiger partial charge is 0.339 e. The third kappa shape index (κ3) is 10.9. The molecular formula is C15H26O3. The lowest BCUT2D eigenvalue weighted by Gasteiger charge is -2.08. The van der Waals surface area contributed by atoms with Crippen molar-refractivity contribution in [3.8, 4) is 0 Å². The number of carbonyl (C=O) groups excluding carboxylic acids is 1. The second kappa shape index (κ2) is 17.8. The number of rotatable bonds is 5. The number of aliphatic hydroxyl groups is 1. The van der Waals surface area contributed by atoms with Crippen molar-refractivity contribution in [3.05, 3.63) is 49.1 Å². The van der Waals surface area contributed by atoms with Crippen molar-refractivity contribution < 1.29 is 14.6 Å². The molecule has 0 bridgehead atoms. The number of allylic oxidation sites excluding steroid dienone is 4. The van der Waals surface area contributed by atoms with Gasteiger partial charge in [0.25, 0.3) is 0 Å². The molecule has 0 amide bonds. The van der Waals surface area contributed by atoms with Gasteiger partial charge in [0.05, 0.1) is 7.11 Å². The van der Waals surface area contributed by atoms with Crippen LogP contribution in [0.5, 0.6) is 0 Å². The molecule has 0 aromatic carbocycles. The van der Waals surface area contributed by atoms with E-state index >= 15 is 0 Å². The Morgan fingerprint density at radius 3 is 2.00 bits per heavy atom. The highest BCUT2D eigenvalue weighted by atomic mass is 16.5. The van der Waals surface area contributed by atoms with Gasteiger partial charge in [0.15, 0.2) is 6.10 Å². The molecule has 104 valence electrons. The van der Waals surface area contributed by atoms with Crippen LogP contribution in [-0.4, -0.2) is 24.3 Å². The van der Waals surface area contributed by atoms with E-state index in [1.165, 1.54) is 19.3 Å². The lowest BCUT2D eigenvalue weighted by molar-refractivity contribution is -0.148. The minimum atomic E-state index is -1.28. The van der Waals surface area contributed by atoms with Gasteiger partial charge in [-0.1, -0.05) is 71.2 Å². The van der Waals surface area contributed by atoms with Crippen molar-refractivity contribution in [1.29, 1.82) is 0 Å². The van der Waals surface area contributed by atoms with Gasteiger partial charge >= 0.3 is 5.97 Å². The van der Waals surface area contributed by atoms with Crippen molar-refractivity contribution in [2.75, 3.05) is 7.11 Å². The number of methoxy groups -OCH3 is 1. The first-order valence-corrected chi connectivity index (χ1v) is 6.05. The highest BCUT2D eigenvalue weighted by molar-refractivity contribution is 5.78. The average molecular weight is 254 g/mol. The lowest BCUT2D eigenvalue weighted by atomic mass is 10.1. The molecule has 0 heterocycles. The Labute approximate surface area is 111 Å². The maximum absolute atomic E-state index is 11.0. The van der Waals surface area contributed by atoms with E-state index in [0.717, 1.165) is 0 Å². The van der Waals surface area contributed by atoms with Crippen LogP contribution in [0.25, 0.3) is 0 Å². The van der Waals surface area contributed by atoms with Crippen LogP contribution >= 0.6 is 0 Å². The van der Waals surface area contributed by atoms with Crippen LogP contribution in [0.15, 0.2) is 49.1 Å². The van der Waals surface area contributed by atoms with Crippen LogP contribution in [0.1, 0.15) is 27.7 Å². The minimum Gasteiger partial charge on any atom is -0.467 e. The summed E-state index contributed by atoms with van der Waals surface area (Å²) in [6.07, 6.45) is 6.45. The number of ether oxygens (including phenoxy) is 1. The summed E-state index contributed by atoms with van der Waals surface area (Å²) in [6, 6.07) is 0. The van der Waals surface area contributed by atoms with E-state index in [1.54, 1.807) is 18.2 Å². The highest BCUT2D eigenvalue weighted by Gasteiger charge is 2.17. The quantitative estimate of drug-likeness (QED) is 0.604. The molecule has 0 aliphatic rings. The SMILES string of the molecule is C=C/C=C\C(=C/C=C)C(O)C(=O)OC.CC.CC. The predicted molar refractivity (Wildman–Crippen MR) is 78.3 cm³/mol. The number of hydrogen-bond acceptors (Lipinski definition) is 3. The molecule has 0 saturated carbocycles. The minimum absolute atomic E-state index is 0.409. The monoisotopic (exact) mass is 254 g/mol. The van der Waals surface area contributed by atoms with Gasteiger partial charge in [-0.25, -0.2) is 4.79 Å². The number of carbonyl (C=O) groups is 1. The topological polar surface area (TPSA) is 46.5 Å². The molecule has 0 aromatic heterocycles. The van der Waals surface area contributed by atoms with E-state index in [2.05, 4.69) is 17.9 Å². The summed E-state index contributed by atoms with van der Waals surface area (Å²) in [4.78, 5) is 11.0. The number of hydrogen-bond donors (Lipinski definition) is 1.